The molecule has 0 fully saturated rings. The molecule has 0 atom stereocenters. The summed E-state index contributed by atoms with van der Waals surface area (Å²) in [5.74, 6) is -2.14. The number of nitrogens with zero attached hydrogens (tertiary/aromatic N) is 1. The molecule has 0 radical (unpaired) electrons. The Labute approximate surface area is 210 Å². The zero-order chi connectivity index (χ0) is 25.9. The molecule has 0 spiro atoms. The van der Waals surface area contributed by atoms with Crippen LogP contribution in [0.4, 0.5) is 23.2 Å². The predicted molar refractivity (Wildman–Crippen MR) is 129 cm³/mol. The maximum atomic E-state index is 14.3. The minimum atomic E-state index is -4.86. The summed E-state index contributed by atoms with van der Waals surface area (Å²) in [5.41, 5.74) is 1.21. The Kier molecular flexibility index (Phi) is 7.64. The van der Waals surface area contributed by atoms with Gasteiger partial charge in [-0.1, -0.05) is 60.1 Å². The van der Waals surface area contributed by atoms with Crippen LogP contribution in [0, 0.1) is 5.82 Å². The highest BCUT2D eigenvalue weighted by Crippen LogP contribution is 2.34. The number of hydrogen-bond donors (Lipinski definition) is 1. The standard InChI is InChI=1S/C27H23ClF4N2O2/c28-22-11-10-19-16-34(24(36)12-9-17-5-2-1-3-6-17)14-13-20(19)26(22)33-23(35)15-18-7-4-8-21(25(18)29)27(30,31)32/h1-8,10-11H,9,12-16H2,(H,33,35). The van der Waals surface area contributed by atoms with Gasteiger partial charge in [0.05, 0.1) is 22.7 Å². The molecule has 1 N–H and O–H groups in total. The Morgan fingerprint density at radius 3 is 2.47 bits per heavy atom. The van der Waals surface area contributed by atoms with Gasteiger partial charge in [-0.3, -0.25) is 9.59 Å². The van der Waals surface area contributed by atoms with E-state index in [1.165, 1.54) is 0 Å². The summed E-state index contributed by atoms with van der Waals surface area (Å²) in [6.07, 6.45) is -3.99. The van der Waals surface area contributed by atoms with E-state index in [-0.39, 0.29) is 16.5 Å². The summed E-state index contributed by atoms with van der Waals surface area (Å²) < 4.78 is 53.3. The van der Waals surface area contributed by atoms with Crippen molar-refractivity contribution in [2.24, 2.45) is 0 Å². The summed E-state index contributed by atoms with van der Waals surface area (Å²) in [5, 5.41) is 2.90. The highest BCUT2D eigenvalue weighted by Gasteiger charge is 2.35. The highest BCUT2D eigenvalue weighted by molar-refractivity contribution is 6.34. The fourth-order valence-electron chi connectivity index (χ4n) is 4.32. The van der Waals surface area contributed by atoms with Crippen LogP contribution in [0.3, 0.4) is 0 Å². The van der Waals surface area contributed by atoms with E-state index in [1.54, 1.807) is 17.0 Å². The number of aryl methyl sites for hydroxylation is 1. The molecule has 4 rings (SSSR count). The van der Waals surface area contributed by atoms with Crippen LogP contribution in [0.1, 0.15) is 34.2 Å². The molecule has 1 aliphatic heterocycles. The van der Waals surface area contributed by atoms with Crippen LogP contribution in [0.15, 0.2) is 60.7 Å². The van der Waals surface area contributed by atoms with Crippen LogP contribution in [-0.4, -0.2) is 23.3 Å². The van der Waals surface area contributed by atoms with Crippen LogP contribution < -0.4 is 5.32 Å². The average molecular weight is 519 g/mol. The molecule has 0 aromatic heterocycles. The maximum Gasteiger partial charge on any atom is 0.419 e. The highest BCUT2D eigenvalue weighted by atomic mass is 35.5. The minimum absolute atomic E-state index is 0.0186. The lowest BCUT2D eigenvalue weighted by Gasteiger charge is -2.30. The Morgan fingerprint density at radius 1 is 1.00 bits per heavy atom. The molecular formula is C27H23ClF4N2O2. The lowest BCUT2D eigenvalue weighted by atomic mass is 9.96. The molecule has 0 bridgehead atoms. The molecule has 188 valence electrons. The quantitative estimate of drug-likeness (QED) is 0.395. The zero-order valence-corrected chi connectivity index (χ0v) is 19.9. The molecule has 0 unspecified atom stereocenters. The number of rotatable bonds is 6. The molecule has 3 aromatic rings. The first-order chi connectivity index (χ1) is 17.1. The molecule has 36 heavy (non-hydrogen) atoms. The smallest absolute Gasteiger partial charge is 0.338 e. The molecule has 3 aromatic carbocycles. The van der Waals surface area contributed by atoms with Crippen molar-refractivity contribution in [2.45, 2.75) is 38.4 Å². The summed E-state index contributed by atoms with van der Waals surface area (Å²) in [6.45, 7) is 0.789. The number of fused-ring (bicyclic) bond motifs is 1. The normalized spacial score (nSPS) is 13.3. The molecule has 1 aliphatic rings. The minimum Gasteiger partial charge on any atom is -0.338 e. The van der Waals surface area contributed by atoms with E-state index in [4.69, 9.17) is 11.6 Å². The van der Waals surface area contributed by atoms with Gasteiger partial charge in [-0.05, 0) is 47.2 Å². The van der Waals surface area contributed by atoms with Crippen molar-refractivity contribution in [2.75, 3.05) is 11.9 Å². The van der Waals surface area contributed by atoms with Crippen molar-refractivity contribution in [3.63, 3.8) is 0 Å². The predicted octanol–water partition coefficient (Wildman–Crippen LogP) is 6.20. The summed E-state index contributed by atoms with van der Waals surface area (Å²) >= 11 is 6.32. The van der Waals surface area contributed by atoms with Gasteiger partial charge in [0.25, 0.3) is 0 Å². The van der Waals surface area contributed by atoms with Crippen LogP contribution in [0.5, 0.6) is 0 Å². The largest absolute Gasteiger partial charge is 0.419 e. The van der Waals surface area contributed by atoms with Gasteiger partial charge >= 0.3 is 6.18 Å². The Bertz CT molecular complexity index is 1280. The summed E-state index contributed by atoms with van der Waals surface area (Å²) in [4.78, 5) is 27.2. The number of nitrogens with one attached hydrogen (secondary N) is 1. The molecule has 0 saturated carbocycles. The Hall–Kier alpha value is -3.39. The second-order valence-electron chi connectivity index (χ2n) is 8.61. The molecule has 9 heteroatoms. The van der Waals surface area contributed by atoms with Gasteiger partial charge in [0.15, 0.2) is 0 Å². The number of carbonyl (C=O) groups is 2. The number of amides is 2. The van der Waals surface area contributed by atoms with Gasteiger partial charge in [0, 0.05) is 19.5 Å². The number of carbonyl (C=O) groups excluding carboxylic acids is 2. The first-order valence-corrected chi connectivity index (χ1v) is 11.8. The number of hydrogen-bond acceptors (Lipinski definition) is 2. The number of anilines is 1. The van der Waals surface area contributed by atoms with Crippen molar-refractivity contribution >= 4 is 29.1 Å². The van der Waals surface area contributed by atoms with Crippen LogP contribution in [-0.2, 0) is 41.6 Å². The van der Waals surface area contributed by atoms with Crippen LogP contribution >= 0.6 is 11.6 Å². The molecule has 1 heterocycles. The van der Waals surface area contributed by atoms with Gasteiger partial charge in [0.2, 0.25) is 11.8 Å². The third-order valence-corrected chi connectivity index (χ3v) is 6.49. The molecule has 2 amide bonds. The lowest BCUT2D eigenvalue weighted by molar-refractivity contribution is -0.140. The second kappa shape index (κ2) is 10.7. The third kappa shape index (κ3) is 5.87. The van der Waals surface area contributed by atoms with E-state index >= 15 is 0 Å². The number of halogens is 5. The Morgan fingerprint density at radius 2 is 1.75 bits per heavy atom. The third-order valence-electron chi connectivity index (χ3n) is 6.17. The van der Waals surface area contributed by atoms with Gasteiger partial charge in [-0.15, -0.1) is 0 Å². The van der Waals surface area contributed by atoms with E-state index < -0.39 is 29.9 Å². The van der Waals surface area contributed by atoms with E-state index in [2.05, 4.69) is 5.32 Å². The van der Waals surface area contributed by atoms with Gasteiger partial charge in [-0.25, -0.2) is 4.39 Å². The van der Waals surface area contributed by atoms with Crippen LogP contribution in [0.25, 0.3) is 0 Å². The maximum absolute atomic E-state index is 14.3. The summed E-state index contributed by atoms with van der Waals surface area (Å²) in [7, 11) is 0. The average Bonchev–Trinajstić information content (AvgIpc) is 2.85. The van der Waals surface area contributed by atoms with Gasteiger partial charge in [0.1, 0.15) is 5.82 Å². The summed E-state index contributed by atoms with van der Waals surface area (Å²) in [6, 6.07) is 16.0. The first kappa shape index (κ1) is 25.7. The van der Waals surface area contributed by atoms with Gasteiger partial charge in [-0.2, -0.15) is 13.2 Å². The molecule has 4 nitrogen and oxygen atoms in total. The second-order valence-corrected chi connectivity index (χ2v) is 9.02. The van der Waals surface area contributed by atoms with Crippen molar-refractivity contribution in [1.29, 1.82) is 0 Å². The van der Waals surface area contributed by atoms with Crippen molar-refractivity contribution < 1.29 is 27.2 Å². The SMILES string of the molecule is O=C(Cc1cccc(C(F)(F)F)c1F)Nc1c(Cl)ccc2c1CCN(C(=O)CCc1ccccc1)C2. The zero-order valence-electron chi connectivity index (χ0n) is 19.2. The van der Waals surface area contributed by atoms with Crippen molar-refractivity contribution in [1.82, 2.24) is 4.90 Å². The fourth-order valence-corrected chi connectivity index (χ4v) is 4.55. The monoisotopic (exact) mass is 518 g/mol. The molecule has 0 saturated heterocycles. The van der Waals surface area contributed by atoms with Crippen molar-refractivity contribution in [3.05, 3.63) is 99.3 Å². The van der Waals surface area contributed by atoms with E-state index in [1.807, 2.05) is 30.3 Å². The molecular weight excluding hydrogens is 496 g/mol. The number of benzene rings is 3. The van der Waals surface area contributed by atoms with Gasteiger partial charge < -0.3 is 10.2 Å². The topological polar surface area (TPSA) is 49.4 Å². The van der Waals surface area contributed by atoms with Crippen LogP contribution in [0.2, 0.25) is 5.02 Å². The Balaban J connectivity index is 1.44. The number of alkyl halides is 3. The van der Waals surface area contributed by atoms with Crippen molar-refractivity contribution in [3.8, 4) is 0 Å². The van der Waals surface area contributed by atoms with E-state index in [9.17, 15) is 27.2 Å². The fraction of sp³-hybridized carbons (Fsp3) is 0.259. The molecule has 0 aliphatic carbocycles. The lowest BCUT2D eigenvalue weighted by Crippen LogP contribution is -2.36. The first-order valence-electron chi connectivity index (χ1n) is 11.4. The van der Waals surface area contributed by atoms with E-state index in [0.29, 0.717) is 44.1 Å². The van der Waals surface area contributed by atoms with E-state index in [0.717, 1.165) is 28.8 Å².